The van der Waals surface area contributed by atoms with Gasteiger partial charge >= 0.3 is 0 Å². The fourth-order valence-electron chi connectivity index (χ4n) is 10.2. The molecular formula is C56H36O3. The summed E-state index contributed by atoms with van der Waals surface area (Å²) in [7, 11) is 0. The summed E-state index contributed by atoms with van der Waals surface area (Å²) >= 11 is 0. The molecule has 0 aliphatic carbocycles. The Bertz CT molecular complexity index is 3750. The summed E-state index contributed by atoms with van der Waals surface area (Å²) in [5, 5.41) is 14.0. The van der Waals surface area contributed by atoms with E-state index in [2.05, 4.69) is 166 Å². The van der Waals surface area contributed by atoms with Gasteiger partial charge < -0.3 is 13.3 Å². The van der Waals surface area contributed by atoms with Gasteiger partial charge in [0.15, 0.2) is 0 Å². The zero-order valence-corrected chi connectivity index (χ0v) is 32.8. The van der Waals surface area contributed by atoms with Crippen molar-refractivity contribution in [2.45, 2.75) is 26.2 Å². The van der Waals surface area contributed by atoms with Crippen LogP contribution in [0, 0.1) is 0 Å². The largest absolute Gasteiger partial charge is 0.455 e. The molecule has 3 aromatic heterocycles. The fourth-order valence-corrected chi connectivity index (χ4v) is 10.2. The van der Waals surface area contributed by atoms with Crippen molar-refractivity contribution in [1.29, 1.82) is 0 Å². The maximum atomic E-state index is 6.76. The Morgan fingerprint density at radius 3 is 1.03 bits per heavy atom. The van der Waals surface area contributed by atoms with E-state index in [1.54, 1.807) is 0 Å². The molecule has 0 N–H and O–H groups in total. The van der Waals surface area contributed by atoms with Gasteiger partial charge in [-0.05, 0) is 90.3 Å². The van der Waals surface area contributed by atoms with Gasteiger partial charge in [-0.3, -0.25) is 0 Å². The molecule has 0 aliphatic heterocycles. The smallest absolute Gasteiger partial charge is 0.143 e. The molecule has 0 saturated carbocycles. The van der Waals surface area contributed by atoms with Crippen LogP contribution in [0.3, 0.4) is 0 Å². The van der Waals surface area contributed by atoms with Crippen LogP contribution < -0.4 is 0 Å². The third-order valence-electron chi connectivity index (χ3n) is 12.8. The monoisotopic (exact) mass is 756 g/mol. The lowest BCUT2D eigenvalue weighted by molar-refractivity contribution is 0.596. The first-order valence-corrected chi connectivity index (χ1v) is 20.4. The molecule has 0 amide bonds. The standard InChI is InChI=1S/C56H36O3/c1-56(2,3)47-30-46(42-21-12-18-39-33-15-6-9-24-50(33)59-55(39)42)36-26-25-34-44(40-19-10-16-37-31-13-4-7-22-48(31)57-53(37)40)29-45(35-27-28-43(47)52(36)51(34)35)41-20-11-17-38-32-14-5-8-23-49(32)58-54(38)41/h4-30H,1-3H3. The molecule has 0 unspecified atom stereocenters. The number of para-hydroxylation sites is 6. The van der Waals surface area contributed by atoms with E-state index in [4.69, 9.17) is 13.3 Å². The summed E-state index contributed by atoms with van der Waals surface area (Å²) in [6.45, 7) is 6.98. The minimum absolute atomic E-state index is 0.149. The van der Waals surface area contributed by atoms with E-state index in [1.165, 1.54) is 43.4 Å². The number of hydrogen-bond acceptors (Lipinski definition) is 3. The van der Waals surface area contributed by atoms with Crippen molar-refractivity contribution < 1.29 is 13.3 Å². The van der Waals surface area contributed by atoms with Gasteiger partial charge in [-0.2, -0.15) is 0 Å². The number of furan rings is 3. The first-order valence-electron chi connectivity index (χ1n) is 20.4. The fraction of sp³-hybridized carbons (Fsp3) is 0.0714. The van der Waals surface area contributed by atoms with Gasteiger partial charge in [-0.15, -0.1) is 0 Å². The Morgan fingerprint density at radius 2 is 0.627 bits per heavy atom. The molecule has 278 valence electrons. The Hall–Kier alpha value is -7.36. The molecule has 59 heavy (non-hydrogen) atoms. The van der Waals surface area contributed by atoms with Crippen LogP contribution in [0.25, 0.3) is 132 Å². The summed E-state index contributed by atoms with van der Waals surface area (Å²) in [6.07, 6.45) is 0. The van der Waals surface area contributed by atoms with Crippen molar-refractivity contribution in [2.24, 2.45) is 0 Å². The predicted molar refractivity (Wildman–Crippen MR) is 247 cm³/mol. The van der Waals surface area contributed by atoms with Crippen LogP contribution in [0.5, 0.6) is 0 Å². The van der Waals surface area contributed by atoms with Crippen molar-refractivity contribution in [2.75, 3.05) is 0 Å². The SMILES string of the molecule is CC(C)(C)c1cc(-c2cccc3c2oc2ccccc23)c2ccc3c(-c4cccc5c4oc4ccccc45)cc(-c4cccc5c4oc4ccccc45)c4ccc1c2c34. The average molecular weight is 757 g/mol. The predicted octanol–water partition coefficient (Wildman–Crippen LogP) is 16.6. The number of hydrogen-bond donors (Lipinski definition) is 0. The third-order valence-corrected chi connectivity index (χ3v) is 12.8. The molecular weight excluding hydrogens is 721 g/mol. The maximum absolute atomic E-state index is 6.76. The van der Waals surface area contributed by atoms with Crippen molar-refractivity contribution >= 4 is 98.1 Å². The van der Waals surface area contributed by atoms with Gasteiger partial charge in [0.25, 0.3) is 0 Å². The highest BCUT2D eigenvalue weighted by Gasteiger charge is 2.27. The highest BCUT2D eigenvalue weighted by atomic mass is 16.3. The van der Waals surface area contributed by atoms with E-state index in [1.807, 2.05) is 18.2 Å². The molecule has 13 aromatic rings. The average Bonchev–Trinajstić information content (AvgIpc) is 3.96. The molecule has 0 aliphatic rings. The highest BCUT2D eigenvalue weighted by molar-refractivity contribution is 6.32. The molecule has 0 saturated heterocycles. The van der Waals surface area contributed by atoms with Crippen LogP contribution in [0.1, 0.15) is 26.3 Å². The lowest BCUT2D eigenvalue weighted by atomic mass is 9.77. The topological polar surface area (TPSA) is 39.4 Å². The molecule has 3 heterocycles. The molecule has 10 aromatic carbocycles. The molecule has 0 fully saturated rings. The Balaban J connectivity index is 1.22. The molecule has 0 radical (unpaired) electrons. The normalized spacial score (nSPS) is 12.7. The minimum atomic E-state index is -0.149. The molecule has 0 atom stereocenters. The van der Waals surface area contributed by atoms with Crippen molar-refractivity contribution in [3.8, 4) is 33.4 Å². The number of rotatable bonds is 3. The lowest BCUT2D eigenvalue weighted by Gasteiger charge is -2.26. The van der Waals surface area contributed by atoms with E-state index in [9.17, 15) is 0 Å². The van der Waals surface area contributed by atoms with Gasteiger partial charge in [0.1, 0.15) is 33.5 Å². The third kappa shape index (κ3) is 4.47. The molecule has 13 rings (SSSR count). The van der Waals surface area contributed by atoms with Gasteiger partial charge in [-0.25, -0.2) is 0 Å². The van der Waals surface area contributed by atoms with Crippen LogP contribution in [0.15, 0.2) is 177 Å². The zero-order chi connectivity index (χ0) is 39.1. The van der Waals surface area contributed by atoms with Crippen molar-refractivity contribution in [3.63, 3.8) is 0 Å². The molecule has 3 nitrogen and oxygen atoms in total. The number of fused-ring (bicyclic) bond motifs is 9. The van der Waals surface area contributed by atoms with E-state index in [0.29, 0.717) is 0 Å². The van der Waals surface area contributed by atoms with Crippen LogP contribution in [-0.4, -0.2) is 0 Å². The van der Waals surface area contributed by atoms with E-state index in [0.717, 1.165) is 93.6 Å². The van der Waals surface area contributed by atoms with E-state index >= 15 is 0 Å². The summed E-state index contributed by atoms with van der Waals surface area (Å²) in [4.78, 5) is 0. The molecule has 0 bridgehead atoms. The van der Waals surface area contributed by atoms with Gasteiger partial charge in [0.05, 0.1) is 0 Å². The number of benzene rings is 10. The van der Waals surface area contributed by atoms with Gasteiger partial charge in [0.2, 0.25) is 0 Å². The van der Waals surface area contributed by atoms with Crippen LogP contribution in [-0.2, 0) is 5.41 Å². The summed E-state index contributed by atoms with van der Waals surface area (Å²) in [6, 6.07) is 59.0. The van der Waals surface area contributed by atoms with E-state index in [-0.39, 0.29) is 5.41 Å². The minimum Gasteiger partial charge on any atom is -0.455 e. The Kier molecular flexibility index (Phi) is 6.44. The van der Waals surface area contributed by atoms with Crippen molar-refractivity contribution in [3.05, 3.63) is 169 Å². The lowest BCUT2D eigenvalue weighted by Crippen LogP contribution is -2.12. The Morgan fingerprint density at radius 1 is 0.288 bits per heavy atom. The summed E-state index contributed by atoms with van der Waals surface area (Å²) in [5.41, 5.74) is 13.2. The van der Waals surface area contributed by atoms with Gasteiger partial charge in [-0.1, -0.05) is 154 Å². The van der Waals surface area contributed by atoms with Crippen LogP contribution in [0.2, 0.25) is 0 Å². The molecule has 0 spiro atoms. The second-order valence-electron chi connectivity index (χ2n) is 17.1. The second-order valence-corrected chi connectivity index (χ2v) is 17.1. The first kappa shape index (κ1) is 32.7. The van der Waals surface area contributed by atoms with Crippen LogP contribution in [0.4, 0.5) is 0 Å². The van der Waals surface area contributed by atoms with Gasteiger partial charge in [0, 0.05) is 49.0 Å². The summed E-state index contributed by atoms with van der Waals surface area (Å²) in [5.74, 6) is 0. The van der Waals surface area contributed by atoms with Crippen LogP contribution >= 0.6 is 0 Å². The second kappa shape index (κ2) is 11.6. The zero-order valence-electron chi connectivity index (χ0n) is 32.8. The summed E-state index contributed by atoms with van der Waals surface area (Å²) < 4.78 is 20.2. The molecule has 3 heteroatoms. The highest BCUT2D eigenvalue weighted by Crippen LogP contribution is 2.51. The first-order chi connectivity index (χ1) is 28.9. The van der Waals surface area contributed by atoms with Crippen molar-refractivity contribution in [1.82, 2.24) is 0 Å². The quantitative estimate of drug-likeness (QED) is 0.169. The van der Waals surface area contributed by atoms with E-state index < -0.39 is 0 Å². The maximum Gasteiger partial charge on any atom is 0.143 e. The Labute approximate surface area is 339 Å².